The quantitative estimate of drug-likeness (QED) is 0.182. The van der Waals surface area contributed by atoms with Crippen LogP contribution < -0.4 is 10.6 Å². The smallest absolute Gasteiger partial charge is 0.407 e. The van der Waals surface area contributed by atoms with Crippen molar-refractivity contribution in [3.8, 4) is 11.1 Å². The van der Waals surface area contributed by atoms with Gasteiger partial charge in [0.25, 0.3) is 0 Å². The van der Waals surface area contributed by atoms with Crippen LogP contribution in [-0.4, -0.2) is 48.4 Å². The van der Waals surface area contributed by atoms with E-state index < -0.39 is 30.1 Å². The number of benzene rings is 3. The van der Waals surface area contributed by atoms with E-state index in [2.05, 4.69) is 34.9 Å². The van der Waals surface area contributed by atoms with Gasteiger partial charge in [-0.25, -0.2) is 9.59 Å². The van der Waals surface area contributed by atoms with Gasteiger partial charge >= 0.3 is 12.2 Å². The molecule has 0 aromatic heterocycles. The number of hydrogen-bond donors (Lipinski definition) is 3. The molecule has 4 rings (SSSR count). The Balaban J connectivity index is 1.32. The molecule has 1 unspecified atom stereocenters. The van der Waals surface area contributed by atoms with Crippen LogP contribution in [0.15, 0.2) is 78.9 Å². The second-order valence-electron chi connectivity index (χ2n) is 11.2. The van der Waals surface area contributed by atoms with Gasteiger partial charge in [-0.2, -0.15) is 0 Å². The maximum atomic E-state index is 13.0. The van der Waals surface area contributed by atoms with Crippen molar-refractivity contribution in [3.05, 3.63) is 95.6 Å². The molecule has 41 heavy (non-hydrogen) atoms. The summed E-state index contributed by atoms with van der Waals surface area (Å²) in [4.78, 5) is 24.8. The summed E-state index contributed by atoms with van der Waals surface area (Å²) in [6, 6.07) is 25.1. The molecule has 1 aliphatic rings. The van der Waals surface area contributed by atoms with Crippen molar-refractivity contribution in [2.75, 3.05) is 13.2 Å². The van der Waals surface area contributed by atoms with E-state index in [0.29, 0.717) is 25.8 Å². The fraction of sp³-hybridized carbons (Fsp3) is 0.394. The minimum Gasteiger partial charge on any atom is -0.449 e. The van der Waals surface area contributed by atoms with Crippen molar-refractivity contribution in [1.82, 2.24) is 10.6 Å². The molecule has 2 atom stereocenters. The molecule has 0 saturated heterocycles. The van der Waals surface area contributed by atoms with Gasteiger partial charge in [-0.15, -0.1) is 0 Å². The van der Waals surface area contributed by atoms with Crippen LogP contribution in [0.1, 0.15) is 62.6 Å². The summed E-state index contributed by atoms with van der Waals surface area (Å²) in [7, 11) is 0. The predicted octanol–water partition coefficient (Wildman–Crippen LogP) is 6.12. The molecular formula is C33H40N2O6. The third kappa shape index (κ3) is 8.80. The second-order valence-corrected chi connectivity index (χ2v) is 11.2. The summed E-state index contributed by atoms with van der Waals surface area (Å²) < 4.78 is 16.7. The van der Waals surface area contributed by atoms with E-state index >= 15 is 0 Å². The molecule has 3 N–H and O–H groups in total. The Hall–Kier alpha value is -3.88. The van der Waals surface area contributed by atoms with E-state index in [4.69, 9.17) is 14.2 Å². The summed E-state index contributed by atoms with van der Waals surface area (Å²) in [5.41, 5.74) is 4.90. The molecule has 0 aliphatic heterocycles. The van der Waals surface area contributed by atoms with Crippen LogP contribution in [0, 0.1) is 0 Å². The molecule has 0 spiro atoms. The van der Waals surface area contributed by atoms with E-state index in [1.165, 1.54) is 0 Å². The number of fused-ring (bicyclic) bond motifs is 3. The first kappa shape index (κ1) is 30.1. The molecule has 1 aliphatic carbocycles. The highest BCUT2D eigenvalue weighted by Gasteiger charge is 2.30. The van der Waals surface area contributed by atoms with Gasteiger partial charge < -0.3 is 30.0 Å². The monoisotopic (exact) mass is 560 g/mol. The van der Waals surface area contributed by atoms with Gasteiger partial charge in [0, 0.05) is 12.5 Å². The van der Waals surface area contributed by atoms with Crippen molar-refractivity contribution in [3.63, 3.8) is 0 Å². The first-order valence-corrected chi connectivity index (χ1v) is 14.1. The summed E-state index contributed by atoms with van der Waals surface area (Å²) in [5.74, 6) is -0.0650. The Morgan fingerprint density at radius 1 is 0.854 bits per heavy atom. The highest BCUT2D eigenvalue weighted by atomic mass is 16.6. The van der Waals surface area contributed by atoms with Gasteiger partial charge in [0.1, 0.15) is 12.2 Å². The topological polar surface area (TPSA) is 106 Å². The number of aliphatic hydroxyl groups is 1. The molecule has 0 heterocycles. The van der Waals surface area contributed by atoms with E-state index in [-0.39, 0.29) is 19.1 Å². The maximum Gasteiger partial charge on any atom is 0.407 e. The third-order valence-corrected chi connectivity index (χ3v) is 6.86. The molecular weight excluding hydrogens is 520 g/mol. The van der Waals surface area contributed by atoms with E-state index in [1.807, 2.05) is 75.4 Å². The predicted molar refractivity (Wildman–Crippen MR) is 157 cm³/mol. The Morgan fingerprint density at radius 3 is 2.10 bits per heavy atom. The lowest BCUT2D eigenvalue weighted by atomic mass is 9.98. The summed E-state index contributed by atoms with van der Waals surface area (Å²) in [6.07, 6.45) is -0.655. The fourth-order valence-corrected chi connectivity index (χ4v) is 4.94. The van der Waals surface area contributed by atoms with Crippen molar-refractivity contribution in [2.24, 2.45) is 0 Å². The second kappa shape index (κ2) is 14.1. The van der Waals surface area contributed by atoms with Gasteiger partial charge in [0.2, 0.25) is 0 Å². The Kier molecular flexibility index (Phi) is 10.4. The van der Waals surface area contributed by atoms with Crippen LogP contribution in [-0.2, 0) is 20.8 Å². The number of ether oxygens (including phenoxy) is 3. The number of carbonyl (C=O) groups is 2. The summed E-state index contributed by atoms with van der Waals surface area (Å²) in [5, 5.41) is 16.4. The number of rotatable bonds is 12. The standard InChI is InChI=1S/C33H40N2O6/c1-33(2,3)41-31(37)34-20-12-11-19-29(30(36)39-21-23-13-5-4-6-14-23)35-32(38)40-22-28-26-17-9-7-15-24(26)25-16-8-10-18-27(25)28/h4-10,13-18,28-30,36H,11-12,19-22H2,1-3H3,(H,34,37)(H,35,38)/t29-,30?/m0/s1. The number of nitrogens with one attached hydrogen (secondary N) is 2. The zero-order valence-electron chi connectivity index (χ0n) is 24.0. The average Bonchev–Trinajstić information content (AvgIpc) is 3.27. The van der Waals surface area contributed by atoms with E-state index in [9.17, 15) is 14.7 Å². The van der Waals surface area contributed by atoms with Crippen LogP contribution >= 0.6 is 0 Å². The number of carbonyl (C=O) groups excluding carboxylic acids is 2. The largest absolute Gasteiger partial charge is 0.449 e. The van der Waals surface area contributed by atoms with Crippen molar-refractivity contribution < 1.29 is 28.9 Å². The van der Waals surface area contributed by atoms with Crippen LogP contribution in [0.5, 0.6) is 0 Å². The lowest BCUT2D eigenvalue weighted by Gasteiger charge is -2.25. The van der Waals surface area contributed by atoms with Gasteiger partial charge in [-0.05, 0) is 67.9 Å². The third-order valence-electron chi connectivity index (χ3n) is 6.86. The zero-order valence-corrected chi connectivity index (χ0v) is 24.0. The molecule has 8 heteroatoms. The first-order valence-electron chi connectivity index (χ1n) is 14.1. The van der Waals surface area contributed by atoms with Gasteiger partial charge in [-0.1, -0.05) is 78.9 Å². The molecule has 218 valence electrons. The normalized spacial score (nSPS) is 14.0. The summed E-state index contributed by atoms with van der Waals surface area (Å²) >= 11 is 0. The molecule has 0 fully saturated rings. The van der Waals surface area contributed by atoms with Gasteiger partial charge in [0.05, 0.1) is 12.6 Å². The van der Waals surface area contributed by atoms with Crippen LogP contribution in [0.2, 0.25) is 0 Å². The number of unbranched alkanes of at least 4 members (excludes halogenated alkanes) is 1. The highest BCUT2D eigenvalue weighted by molar-refractivity contribution is 5.79. The average molecular weight is 561 g/mol. The molecule has 0 bridgehead atoms. The number of alkyl carbamates (subject to hydrolysis) is 2. The van der Waals surface area contributed by atoms with Gasteiger partial charge in [0.15, 0.2) is 6.29 Å². The minimum absolute atomic E-state index is 0.0650. The van der Waals surface area contributed by atoms with Crippen molar-refractivity contribution in [1.29, 1.82) is 0 Å². The molecule has 0 radical (unpaired) electrons. The molecule has 2 amide bonds. The van der Waals surface area contributed by atoms with E-state index in [1.54, 1.807) is 0 Å². The van der Waals surface area contributed by atoms with Crippen LogP contribution in [0.3, 0.4) is 0 Å². The fourth-order valence-electron chi connectivity index (χ4n) is 4.94. The number of aliphatic hydroxyl groups excluding tert-OH is 1. The molecule has 8 nitrogen and oxygen atoms in total. The minimum atomic E-state index is -1.24. The molecule has 0 saturated carbocycles. The summed E-state index contributed by atoms with van der Waals surface area (Å²) in [6.45, 7) is 6.21. The van der Waals surface area contributed by atoms with E-state index in [0.717, 1.165) is 27.8 Å². The van der Waals surface area contributed by atoms with Crippen LogP contribution in [0.25, 0.3) is 11.1 Å². The lowest BCUT2D eigenvalue weighted by molar-refractivity contribution is -0.128. The molecule has 3 aromatic carbocycles. The number of amides is 2. The Labute approximate surface area is 242 Å². The SMILES string of the molecule is CC(C)(C)OC(=O)NCCCC[C@H](NC(=O)OCC1c2ccccc2-c2ccccc21)C(O)OCc1ccccc1. The lowest BCUT2D eigenvalue weighted by Crippen LogP contribution is -2.45. The Morgan fingerprint density at radius 2 is 1.46 bits per heavy atom. The maximum absolute atomic E-state index is 13.0. The first-order chi connectivity index (χ1) is 19.7. The Bertz CT molecular complexity index is 1240. The van der Waals surface area contributed by atoms with Crippen molar-refractivity contribution >= 4 is 12.2 Å². The molecule has 3 aromatic rings. The van der Waals surface area contributed by atoms with Gasteiger partial charge in [-0.3, -0.25) is 0 Å². The number of hydrogen-bond acceptors (Lipinski definition) is 6. The van der Waals surface area contributed by atoms with Crippen molar-refractivity contribution in [2.45, 2.75) is 70.5 Å². The van der Waals surface area contributed by atoms with Crippen LogP contribution in [0.4, 0.5) is 9.59 Å². The zero-order chi connectivity index (χ0) is 29.2. The highest BCUT2D eigenvalue weighted by Crippen LogP contribution is 2.44.